The van der Waals surface area contributed by atoms with Crippen LogP contribution < -0.4 is 15.2 Å². The summed E-state index contributed by atoms with van der Waals surface area (Å²) in [6.07, 6.45) is -12.0. The van der Waals surface area contributed by atoms with Gasteiger partial charge in [-0.05, 0) is 47.7 Å². The molecule has 4 atom stereocenters. The largest absolute Gasteiger partial charge is 0.493 e. The van der Waals surface area contributed by atoms with Gasteiger partial charge in [0, 0.05) is 58.8 Å². The van der Waals surface area contributed by atoms with E-state index in [1.54, 1.807) is 0 Å². The first-order valence-corrected chi connectivity index (χ1v) is 8.51. The highest BCUT2D eigenvalue weighted by atomic mass is 16.5. The van der Waals surface area contributed by atoms with E-state index in [1.165, 1.54) is 0 Å². The number of nitrogens with zero attached hydrogens (tertiary/aromatic N) is 1. The van der Waals surface area contributed by atoms with Crippen LogP contribution in [0.3, 0.4) is 0 Å². The van der Waals surface area contributed by atoms with Gasteiger partial charge in [0.1, 0.15) is 12.1 Å². The zero-order chi connectivity index (χ0) is 45.3. The van der Waals surface area contributed by atoms with Gasteiger partial charge in [-0.1, -0.05) is 27.4 Å². The molecule has 6 heteroatoms. The quantitative estimate of drug-likeness (QED) is 0.647. The Bertz CT molecular complexity index is 1720. The maximum atomic E-state index is 13.8. The number of piperidine rings is 1. The highest BCUT2D eigenvalue weighted by molar-refractivity contribution is 5.76. The van der Waals surface area contributed by atoms with E-state index < -0.39 is 143 Å². The molecule has 0 spiro atoms. The van der Waals surface area contributed by atoms with E-state index in [1.807, 2.05) is 0 Å². The molecule has 3 unspecified atom stereocenters. The average molecular weight is 446 g/mol. The summed E-state index contributed by atoms with van der Waals surface area (Å²) in [5, 5.41) is 0. The molecule has 0 saturated carbocycles. The van der Waals surface area contributed by atoms with E-state index in [2.05, 4.69) is 0 Å². The smallest absolute Gasteiger partial charge is 0.323 e. The fourth-order valence-electron chi connectivity index (χ4n) is 3.08. The lowest BCUT2D eigenvalue weighted by molar-refractivity contribution is -0.160. The number of ether oxygens (including phenoxy) is 3. The summed E-state index contributed by atoms with van der Waals surface area (Å²) in [6, 6.07) is -9.81. The summed E-state index contributed by atoms with van der Waals surface area (Å²) in [4.78, 5) is 14.0. The summed E-state index contributed by atoms with van der Waals surface area (Å²) in [5.74, 6) is -15.8. The fraction of sp³-hybridized carbons (Fsp3) is 0.708. The molecule has 30 heavy (non-hydrogen) atoms. The van der Waals surface area contributed by atoms with Gasteiger partial charge >= 0.3 is 5.97 Å². The fourth-order valence-corrected chi connectivity index (χ4v) is 3.08. The van der Waals surface area contributed by atoms with Crippen LogP contribution in [0.25, 0.3) is 0 Å². The Hall–Kier alpha value is -1.79. The molecule has 2 heterocycles. The van der Waals surface area contributed by atoms with Crippen molar-refractivity contribution in [3.8, 4) is 11.5 Å². The Balaban J connectivity index is 2.55. The van der Waals surface area contributed by atoms with Crippen LogP contribution in [0.4, 0.5) is 0 Å². The SMILES string of the molecule is [2H]c1c(OC)c(OC([2H])([2H])[2H])c([2H])c2c1C1([2H])CC(OC(=O)[C@@]([2H])(N)C([2H])(C([2H])([2H])[2H])C([2H])([2H])[2H])C(C([2H])([2H])C([2H])(C([2H])([2H])[2H])C([2H])([2H])[2H])CN1C([2H])([2H])C2([2H])[2H]. The zero-order valence-electron chi connectivity index (χ0n) is 42.7. The zero-order valence-corrected chi connectivity index (χ0v) is 15.7. The summed E-state index contributed by atoms with van der Waals surface area (Å²) in [6.45, 7) is -21.8. The van der Waals surface area contributed by atoms with Gasteiger partial charge in [-0.3, -0.25) is 9.69 Å². The van der Waals surface area contributed by atoms with Gasteiger partial charge in [0.05, 0.1) is 23.7 Å². The Kier molecular flexibility index (Phi) is 2.03. The third-order valence-corrected chi connectivity index (χ3v) is 4.47. The van der Waals surface area contributed by atoms with E-state index >= 15 is 0 Å². The molecule has 1 aromatic carbocycles. The molecule has 0 aromatic heterocycles. The van der Waals surface area contributed by atoms with Crippen molar-refractivity contribution in [3.63, 3.8) is 0 Å². The van der Waals surface area contributed by atoms with Crippen molar-refractivity contribution in [2.24, 2.45) is 23.4 Å². The minimum atomic E-state index is -4.26. The van der Waals surface area contributed by atoms with E-state index in [0.717, 1.165) is 7.11 Å². The minimum absolute atomic E-state index is 0.145. The number of carbonyl (C=O) groups is 1. The number of benzene rings is 1. The molecule has 0 aliphatic carbocycles. The van der Waals surface area contributed by atoms with Crippen LogP contribution in [-0.4, -0.2) is 50.2 Å². The summed E-state index contributed by atoms with van der Waals surface area (Å²) >= 11 is 0. The maximum absolute atomic E-state index is 13.8. The van der Waals surface area contributed by atoms with Crippen molar-refractivity contribution in [1.82, 2.24) is 4.90 Å². The lowest BCUT2D eigenvalue weighted by Gasteiger charge is -2.47. The summed E-state index contributed by atoms with van der Waals surface area (Å²) < 4.78 is 237. The molecule has 0 radical (unpaired) electrons. The molecule has 1 fully saturated rings. The van der Waals surface area contributed by atoms with Gasteiger partial charge in [-0.2, -0.15) is 0 Å². The molecule has 0 bridgehead atoms. The molecule has 1 saturated heterocycles. The van der Waals surface area contributed by atoms with Crippen LogP contribution in [0.2, 0.25) is 0 Å². The Morgan fingerprint density at radius 2 is 2.23 bits per heavy atom. The van der Waals surface area contributed by atoms with Crippen LogP contribution in [0.1, 0.15) is 94.4 Å². The van der Waals surface area contributed by atoms with Crippen molar-refractivity contribution < 1.29 is 56.0 Å². The van der Waals surface area contributed by atoms with Crippen LogP contribution in [-0.2, 0) is 15.9 Å². The first-order valence-electron chi connectivity index (χ1n) is 22.0. The molecule has 0 amide bonds. The number of esters is 1. The van der Waals surface area contributed by atoms with Crippen LogP contribution in [0, 0.1) is 17.7 Å². The molecular formula is C24H38N2O4. The Morgan fingerprint density at radius 1 is 1.43 bits per heavy atom. The number of carbonyl (C=O) groups excluding carboxylic acids is 1. The number of hydrogen-bond acceptors (Lipinski definition) is 6. The Labute approximate surface area is 219 Å². The van der Waals surface area contributed by atoms with Gasteiger partial charge < -0.3 is 19.9 Å². The maximum Gasteiger partial charge on any atom is 0.323 e. The van der Waals surface area contributed by atoms with Crippen LogP contribution in [0.15, 0.2) is 12.1 Å². The van der Waals surface area contributed by atoms with Gasteiger partial charge in [-0.25, -0.2) is 0 Å². The first kappa shape index (κ1) is 6.38. The van der Waals surface area contributed by atoms with Gasteiger partial charge in [0.25, 0.3) is 0 Å². The third kappa shape index (κ3) is 4.75. The van der Waals surface area contributed by atoms with Crippen LogP contribution >= 0.6 is 0 Å². The highest BCUT2D eigenvalue weighted by Crippen LogP contribution is 2.44. The number of fused-ring (bicyclic) bond motifs is 3. The molecule has 2 N–H and O–H groups in total. The predicted molar refractivity (Wildman–Crippen MR) is 118 cm³/mol. The van der Waals surface area contributed by atoms with Gasteiger partial charge in [0.2, 0.25) is 0 Å². The summed E-state index contributed by atoms with van der Waals surface area (Å²) in [7, 11) is -2.56. The topological polar surface area (TPSA) is 74.0 Å². The predicted octanol–water partition coefficient (Wildman–Crippen LogP) is 3.56. The lowest BCUT2D eigenvalue weighted by Crippen LogP contribution is -2.51. The monoisotopic (exact) mass is 445 g/mol. The van der Waals surface area contributed by atoms with Crippen molar-refractivity contribution >= 4 is 5.97 Å². The second-order valence-corrected chi connectivity index (χ2v) is 6.32. The number of methoxy groups -OCH3 is 2. The van der Waals surface area contributed by atoms with E-state index in [-0.39, 0.29) is 4.90 Å². The van der Waals surface area contributed by atoms with E-state index in [4.69, 9.17) is 55.6 Å². The standard InChI is InChI=1S/C24H38N2O4/c1-14(2)9-17-13-26-8-7-16-10-21(28-5)22(29-6)11-18(16)19(26)12-20(17)30-24(27)23(25)15(3)4/h10-11,14-15,17,19-20,23H,7-9,12-13,25H2,1-6H3/t17?,19?,20?,23-/m0/s1/i1D3,2D3,3D3,4D3,5D3,7D2,8D2,9D2,10D,11D,14D,15D,19D,23D. The first-order chi connectivity index (χ1) is 24.8. The molecule has 2 aliphatic heterocycles. The Morgan fingerprint density at radius 3 is 2.93 bits per heavy atom. The third-order valence-electron chi connectivity index (χ3n) is 4.47. The minimum Gasteiger partial charge on any atom is -0.493 e. The molecule has 168 valence electrons. The molecule has 6 nitrogen and oxygen atoms in total. The summed E-state index contributed by atoms with van der Waals surface area (Å²) in [5.41, 5.74) is 3.38. The van der Waals surface area contributed by atoms with E-state index in [9.17, 15) is 6.17 Å². The van der Waals surface area contributed by atoms with Crippen molar-refractivity contribution in [1.29, 1.82) is 0 Å². The van der Waals surface area contributed by atoms with Crippen LogP contribution in [0.5, 0.6) is 11.5 Å². The second kappa shape index (κ2) is 9.56. The van der Waals surface area contributed by atoms with Crippen molar-refractivity contribution in [2.75, 3.05) is 27.2 Å². The van der Waals surface area contributed by atoms with Crippen molar-refractivity contribution in [2.45, 2.75) is 64.7 Å². The molecule has 1 aromatic rings. The van der Waals surface area contributed by atoms with Gasteiger partial charge in [0.15, 0.2) is 11.5 Å². The highest BCUT2D eigenvalue weighted by Gasteiger charge is 2.41. The molecule has 2 aliphatic rings. The second-order valence-electron chi connectivity index (χ2n) is 6.32. The number of hydrogen-bond donors (Lipinski definition) is 1. The number of nitrogens with two attached hydrogens (primary N) is 1. The van der Waals surface area contributed by atoms with E-state index in [0.29, 0.717) is 0 Å². The number of rotatable bonds is 7. The molecule has 3 rings (SSSR count). The molecular weight excluding hydrogens is 380 g/mol. The van der Waals surface area contributed by atoms with Gasteiger partial charge in [-0.15, -0.1) is 0 Å². The average Bonchev–Trinajstić information content (AvgIpc) is 2.97. The lowest BCUT2D eigenvalue weighted by atomic mass is 9.79. The normalized spacial score (nSPS) is 48.3. The van der Waals surface area contributed by atoms with Crippen molar-refractivity contribution in [3.05, 3.63) is 23.2 Å².